The number of nitrogens with zero attached hydrogens (tertiary/aromatic N) is 2. The number of nitro benzene ring substituents is 1. The molecule has 136 valence electrons. The number of amides is 1. The van der Waals surface area contributed by atoms with E-state index in [9.17, 15) is 14.9 Å². The van der Waals surface area contributed by atoms with E-state index in [4.69, 9.17) is 9.57 Å². The minimum absolute atomic E-state index is 0.111. The number of benzene rings is 1. The fraction of sp³-hybridized carbons (Fsp3) is 0.588. The van der Waals surface area contributed by atoms with Gasteiger partial charge in [0.1, 0.15) is 0 Å². The third kappa shape index (κ3) is 4.46. The van der Waals surface area contributed by atoms with E-state index in [1.165, 1.54) is 12.1 Å². The molecular formula is C17H23N3O5. The molecule has 25 heavy (non-hydrogen) atoms. The summed E-state index contributed by atoms with van der Waals surface area (Å²) in [4.78, 5) is 30.6. The zero-order chi connectivity index (χ0) is 17.6. The summed E-state index contributed by atoms with van der Waals surface area (Å²) in [5.74, 6) is -0.488. The number of hydroxylamine groups is 1. The topological polar surface area (TPSA) is 93.9 Å². The normalized spacial score (nSPS) is 21.0. The van der Waals surface area contributed by atoms with Crippen molar-refractivity contribution < 1.29 is 19.3 Å². The Kier molecular flexibility index (Phi) is 5.83. The maximum absolute atomic E-state index is 12.6. The minimum atomic E-state index is -0.498. The van der Waals surface area contributed by atoms with E-state index < -0.39 is 17.1 Å². The zero-order valence-corrected chi connectivity index (χ0v) is 14.1. The second-order valence-electron chi connectivity index (χ2n) is 6.35. The largest absolute Gasteiger partial charge is 0.371 e. The predicted octanol–water partition coefficient (Wildman–Crippen LogP) is 2.77. The Morgan fingerprint density at radius 2 is 2.04 bits per heavy atom. The van der Waals surface area contributed by atoms with Gasteiger partial charge in [-0.15, -0.1) is 0 Å². The fourth-order valence-corrected chi connectivity index (χ4v) is 3.21. The van der Waals surface area contributed by atoms with E-state index in [0.717, 1.165) is 45.2 Å². The van der Waals surface area contributed by atoms with Crippen LogP contribution in [0.15, 0.2) is 18.2 Å². The average molecular weight is 349 g/mol. The van der Waals surface area contributed by atoms with Crippen molar-refractivity contribution in [2.24, 2.45) is 0 Å². The number of carbonyl (C=O) groups is 1. The van der Waals surface area contributed by atoms with Gasteiger partial charge >= 0.3 is 0 Å². The monoisotopic (exact) mass is 349 g/mol. The molecule has 3 rings (SSSR count). The van der Waals surface area contributed by atoms with E-state index >= 15 is 0 Å². The molecule has 1 amide bonds. The number of non-ortho nitro benzene ring substituents is 1. The van der Waals surface area contributed by atoms with Gasteiger partial charge in [-0.3, -0.25) is 14.9 Å². The number of rotatable bonds is 5. The summed E-state index contributed by atoms with van der Waals surface area (Å²) in [6, 6.07) is 4.39. The summed E-state index contributed by atoms with van der Waals surface area (Å²) >= 11 is 0. The van der Waals surface area contributed by atoms with Gasteiger partial charge in [-0.05, 0) is 38.2 Å². The molecule has 2 fully saturated rings. The molecule has 8 heteroatoms. The van der Waals surface area contributed by atoms with Crippen molar-refractivity contribution in [2.75, 3.05) is 24.6 Å². The van der Waals surface area contributed by atoms with Crippen LogP contribution in [0.3, 0.4) is 0 Å². The lowest BCUT2D eigenvalue weighted by molar-refractivity contribution is -0.384. The van der Waals surface area contributed by atoms with Gasteiger partial charge in [0.15, 0.2) is 6.29 Å². The Morgan fingerprint density at radius 1 is 1.24 bits per heavy atom. The summed E-state index contributed by atoms with van der Waals surface area (Å²) in [6.45, 7) is 2.28. The molecule has 1 N–H and O–H groups in total. The van der Waals surface area contributed by atoms with Gasteiger partial charge in [0.05, 0.1) is 16.2 Å². The van der Waals surface area contributed by atoms with Gasteiger partial charge in [0.25, 0.3) is 11.6 Å². The fourth-order valence-electron chi connectivity index (χ4n) is 3.21. The van der Waals surface area contributed by atoms with Crippen molar-refractivity contribution in [3.63, 3.8) is 0 Å². The van der Waals surface area contributed by atoms with Crippen LogP contribution in [0.1, 0.15) is 48.9 Å². The molecule has 2 heterocycles. The van der Waals surface area contributed by atoms with Crippen molar-refractivity contribution in [3.8, 4) is 0 Å². The van der Waals surface area contributed by atoms with E-state index in [1.807, 2.05) is 0 Å². The summed E-state index contributed by atoms with van der Waals surface area (Å²) in [6.07, 6.45) is 5.47. The molecule has 1 atom stereocenters. The van der Waals surface area contributed by atoms with Crippen LogP contribution >= 0.6 is 0 Å². The van der Waals surface area contributed by atoms with Crippen molar-refractivity contribution >= 4 is 17.3 Å². The summed E-state index contributed by atoms with van der Waals surface area (Å²) < 4.78 is 5.42. The Hall–Kier alpha value is -2.19. The van der Waals surface area contributed by atoms with Gasteiger partial charge in [0.2, 0.25) is 0 Å². The lowest BCUT2D eigenvalue weighted by Gasteiger charge is -2.30. The molecule has 0 spiro atoms. The maximum atomic E-state index is 12.6. The van der Waals surface area contributed by atoms with Gasteiger partial charge in [-0.1, -0.05) is 0 Å². The number of nitrogens with one attached hydrogen (secondary N) is 1. The quantitative estimate of drug-likeness (QED) is 0.649. The first-order valence-electron chi connectivity index (χ1n) is 8.76. The summed E-state index contributed by atoms with van der Waals surface area (Å²) in [5, 5.41) is 11.1. The van der Waals surface area contributed by atoms with Gasteiger partial charge in [-0.2, -0.15) is 0 Å². The molecule has 1 aromatic carbocycles. The zero-order valence-electron chi connectivity index (χ0n) is 14.1. The smallest absolute Gasteiger partial charge is 0.277 e. The molecular weight excluding hydrogens is 326 g/mol. The average Bonchev–Trinajstić information content (AvgIpc) is 2.67. The number of ether oxygens (including phenoxy) is 1. The SMILES string of the molecule is O=C(NO[C@@H]1CCCCO1)c1cc([N+](=O)[O-])ccc1N1CCCCC1. The minimum Gasteiger partial charge on any atom is -0.371 e. The highest BCUT2D eigenvalue weighted by Crippen LogP contribution is 2.28. The van der Waals surface area contributed by atoms with Crippen molar-refractivity contribution in [2.45, 2.75) is 44.8 Å². The maximum Gasteiger partial charge on any atom is 0.277 e. The van der Waals surface area contributed by atoms with Crippen LogP contribution < -0.4 is 10.4 Å². The molecule has 0 unspecified atom stereocenters. The number of hydrogen-bond donors (Lipinski definition) is 1. The van der Waals surface area contributed by atoms with Crippen LogP contribution in [0, 0.1) is 10.1 Å². The second-order valence-corrected chi connectivity index (χ2v) is 6.35. The molecule has 2 aliphatic rings. The molecule has 0 radical (unpaired) electrons. The van der Waals surface area contributed by atoms with E-state index in [1.54, 1.807) is 6.07 Å². The van der Waals surface area contributed by atoms with Crippen LogP contribution in [-0.4, -0.2) is 36.8 Å². The summed E-state index contributed by atoms with van der Waals surface area (Å²) in [5.41, 5.74) is 3.25. The van der Waals surface area contributed by atoms with Crippen molar-refractivity contribution in [1.29, 1.82) is 0 Å². The van der Waals surface area contributed by atoms with Crippen LogP contribution in [-0.2, 0) is 9.57 Å². The van der Waals surface area contributed by atoms with Gasteiger partial charge in [0, 0.05) is 38.2 Å². The number of anilines is 1. The van der Waals surface area contributed by atoms with E-state index in [0.29, 0.717) is 18.7 Å². The first-order valence-corrected chi connectivity index (χ1v) is 8.76. The van der Waals surface area contributed by atoms with Crippen molar-refractivity contribution in [1.82, 2.24) is 5.48 Å². The highest BCUT2D eigenvalue weighted by atomic mass is 16.8. The first-order chi connectivity index (χ1) is 12.1. The number of carbonyl (C=O) groups excluding carboxylic acids is 1. The molecule has 0 saturated carbocycles. The lowest BCUT2D eigenvalue weighted by Crippen LogP contribution is -2.35. The third-order valence-electron chi connectivity index (χ3n) is 4.55. The van der Waals surface area contributed by atoms with Crippen molar-refractivity contribution in [3.05, 3.63) is 33.9 Å². The van der Waals surface area contributed by atoms with Gasteiger partial charge < -0.3 is 9.64 Å². The molecule has 0 aromatic heterocycles. The van der Waals surface area contributed by atoms with Crippen LogP contribution in [0.5, 0.6) is 0 Å². The molecule has 2 aliphatic heterocycles. The Balaban J connectivity index is 1.76. The predicted molar refractivity (Wildman–Crippen MR) is 91.3 cm³/mol. The lowest BCUT2D eigenvalue weighted by atomic mass is 10.1. The number of piperidine rings is 1. The summed E-state index contributed by atoms with van der Waals surface area (Å²) in [7, 11) is 0. The molecule has 0 aliphatic carbocycles. The highest BCUT2D eigenvalue weighted by molar-refractivity contribution is 6.00. The third-order valence-corrected chi connectivity index (χ3v) is 4.55. The van der Waals surface area contributed by atoms with Crippen LogP contribution in [0.2, 0.25) is 0 Å². The second kappa shape index (κ2) is 8.26. The molecule has 2 saturated heterocycles. The first kappa shape index (κ1) is 17.6. The van der Waals surface area contributed by atoms with Crippen LogP contribution in [0.25, 0.3) is 0 Å². The Morgan fingerprint density at radius 3 is 2.72 bits per heavy atom. The number of nitro groups is 1. The molecule has 1 aromatic rings. The Bertz CT molecular complexity index is 625. The molecule has 8 nitrogen and oxygen atoms in total. The van der Waals surface area contributed by atoms with E-state index in [2.05, 4.69) is 10.4 Å². The molecule has 0 bridgehead atoms. The Labute approximate surface area is 146 Å². The standard InChI is InChI=1S/C17H23N3O5/c21-17(18-25-16-6-2-5-11-24-16)14-12-13(20(22)23)7-8-15(14)19-9-3-1-4-10-19/h7-8,12,16H,1-6,9-11H2,(H,18,21)/t16-/m1/s1. The van der Waals surface area contributed by atoms with Crippen LogP contribution in [0.4, 0.5) is 11.4 Å². The highest BCUT2D eigenvalue weighted by Gasteiger charge is 2.23. The van der Waals surface area contributed by atoms with Gasteiger partial charge in [-0.25, -0.2) is 10.3 Å². The van der Waals surface area contributed by atoms with E-state index in [-0.39, 0.29) is 11.3 Å². The number of hydrogen-bond acceptors (Lipinski definition) is 6.